The molecule has 15 heavy (non-hydrogen) atoms. The van der Waals surface area contributed by atoms with Crippen molar-refractivity contribution in [3.05, 3.63) is 0 Å². The molecule has 2 atom stereocenters. The zero-order valence-electron chi connectivity index (χ0n) is 10.2. The maximum absolute atomic E-state index is 9.62. The first-order chi connectivity index (χ1) is 7.02. The van der Waals surface area contributed by atoms with E-state index in [1.165, 1.54) is 0 Å². The standard InChI is InChI=1S/C11H25NO3/c1-4-14-8-10(2)15-7-5-6-11(3,13)9-12/h10,13H,4-9,12H2,1-3H3. The summed E-state index contributed by atoms with van der Waals surface area (Å²) in [5, 5.41) is 9.62. The van der Waals surface area contributed by atoms with E-state index in [0.29, 0.717) is 26.2 Å². The zero-order chi connectivity index (χ0) is 11.7. The average Bonchev–Trinajstić information content (AvgIpc) is 2.21. The third-order valence-corrected chi connectivity index (χ3v) is 2.26. The van der Waals surface area contributed by atoms with E-state index in [0.717, 1.165) is 13.0 Å². The molecule has 0 aromatic heterocycles. The number of rotatable bonds is 9. The van der Waals surface area contributed by atoms with Crippen LogP contribution in [-0.2, 0) is 9.47 Å². The van der Waals surface area contributed by atoms with Crippen LogP contribution in [0.2, 0.25) is 0 Å². The van der Waals surface area contributed by atoms with Gasteiger partial charge in [0.15, 0.2) is 0 Å². The molecule has 0 fully saturated rings. The molecule has 2 unspecified atom stereocenters. The Balaban J connectivity index is 3.37. The Bertz CT molecular complexity index is 151. The van der Waals surface area contributed by atoms with Crippen LogP contribution >= 0.6 is 0 Å². The Morgan fingerprint density at radius 2 is 2.13 bits per heavy atom. The van der Waals surface area contributed by atoms with E-state index in [1.54, 1.807) is 6.92 Å². The third-order valence-electron chi connectivity index (χ3n) is 2.26. The molecule has 92 valence electrons. The minimum absolute atomic E-state index is 0.118. The van der Waals surface area contributed by atoms with Crippen molar-refractivity contribution in [3.63, 3.8) is 0 Å². The number of ether oxygens (including phenoxy) is 2. The second-order valence-electron chi connectivity index (χ2n) is 4.15. The van der Waals surface area contributed by atoms with Gasteiger partial charge in [0.2, 0.25) is 0 Å². The molecule has 4 nitrogen and oxygen atoms in total. The molecule has 0 saturated carbocycles. The highest BCUT2D eigenvalue weighted by Crippen LogP contribution is 2.10. The predicted octanol–water partition coefficient (Wildman–Crippen LogP) is 0.918. The van der Waals surface area contributed by atoms with Gasteiger partial charge in [-0.2, -0.15) is 0 Å². The first-order valence-electron chi connectivity index (χ1n) is 5.63. The highest BCUT2D eigenvalue weighted by molar-refractivity contribution is 4.72. The Morgan fingerprint density at radius 3 is 2.67 bits per heavy atom. The smallest absolute Gasteiger partial charge is 0.0780 e. The summed E-state index contributed by atoms with van der Waals surface area (Å²) in [6, 6.07) is 0. The van der Waals surface area contributed by atoms with Crippen molar-refractivity contribution in [2.75, 3.05) is 26.4 Å². The number of hydrogen-bond donors (Lipinski definition) is 2. The minimum Gasteiger partial charge on any atom is -0.389 e. The van der Waals surface area contributed by atoms with E-state index in [4.69, 9.17) is 15.2 Å². The van der Waals surface area contributed by atoms with Crippen LogP contribution in [0.15, 0.2) is 0 Å². The van der Waals surface area contributed by atoms with Crippen molar-refractivity contribution < 1.29 is 14.6 Å². The van der Waals surface area contributed by atoms with Gasteiger partial charge in [-0.15, -0.1) is 0 Å². The molecule has 0 aromatic rings. The molecule has 0 bridgehead atoms. The Morgan fingerprint density at radius 1 is 1.47 bits per heavy atom. The molecule has 0 aliphatic carbocycles. The van der Waals surface area contributed by atoms with E-state index >= 15 is 0 Å². The summed E-state index contributed by atoms with van der Waals surface area (Å²) in [6.45, 7) is 7.98. The van der Waals surface area contributed by atoms with Crippen LogP contribution in [0, 0.1) is 0 Å². The molecule has 0 saturated heterocycles. The first-order valence-corrected chi connectivity index (χ1v) is 5.63. The molecule has 0 aliphatic rings. The monoisotopic (exact) mass is 219 g/mol. The second kappa shape index (κ2) is 8.05. The average molecular weight is 219 g/mol. The SMILES string of the molecule is CCOCC(C)OCCCC(C)(O)CN. The Hall–Kier alpha value is -0.160. The lowest BCUT2D eigenvalue weighted by molar-refractivity contribution is -0.0134. The van der Waals surface area contributed by atoms with Gasteiger partial charge in [0.1, 0.15) is 0 Å². The lowest BCUT2D eigenvalue weighted by Gasteiger charge is -2.21. The molecule has 0 aliphatic heterocycles. The van der Waals surface area contributed by atoms with Crippen LogP contribution in [0.3, 0.4) is 0 Å². The van der Waals surface area contributed by atoms with Gasteiger partial charge in [-0.05, 0) is 33.6 Å². The highest BCUT2D eigenvalue weighted by atomic mass is 16.5. The lowest BCUT2D eigenvalue weighted by Crippen LogP contribution is -2.34. The van der Waals surface area contributed by atoms with Crippen LogP contribution in [0.5, 0.6) is 0 Å². The van der Waals surface area contributed by atoms with E-state index < -0.39 is 5.60 Å². The summed E-state index contributed by atoms with van der Waals surface area (Å²) in [5.74, 6) is 0. The lowest BCUT2D eigenvalue weighted by atomic mass is 10.0. The second-order valence-corrected chi connectivity index (χ2v) is 4.15. The van der Waals surface area contributed by atoms with Crippen LogP contribution in [0.25, 0.3) is 0 Å². The molecule has 0 aromatic carbocycles. The zero-order valence-corrected chi connectivity index (χ0v) is 10.2. The molecular formula is C11H25NO3. The number of hydrogen-bond acceptors (Lipinski definition) is 4. The highest BCUT2D eigenvalue weighted by Gasteiger charge is 2.17. The van der Waals surface area contributed by atoms with Gasteiger partial charge in [0.25, 0.3) is 0 Å². The summed E-state index contributed by atoms with van der Waals surface area (Å²) in [7, 11) is 0. The van der Waals surface area contributed by atoms with Crippen LogP contribution in [0.4, 0.5) is 0 Å². The van der Waals surface area contributed by atoms with Gasteiger partial charge >= 0.3 is 0 Å². The normalized spacial score (nSPS) is 17.4. The number of aliphatic hydroxyl groups is 1. The summed E-state index contributed by atoms with van der Waals surface area (Å²) in [4.78, 5) is 0. The fraction of sp³-hybridized carbons (Fsp3) is 1.00. The van der Waals surface area contributed by atoms with Crippen molar-refractivity contribution >= 4 is 0 Å². The summed E-state index contributed by atoms with van der Waals surface area (Å²) in [5.41, 5.74) is 4.65. The molecular weight excluding hydrogens is 194 g/mol. The van der Waals surface area contributed by atoms with Crippen LogP contribution in [-0.4, -0.2) is 43.2 Å². The first kappa shape index (κ1) is 14.8. The largest absolute Gasteiger partial charge is 0.389 e. The number of nitrogens with two attached hydrogens (primary N) is 1. The van der Waals surface area contributed by atoms with Gasteiger partial charge in [-0.25, -0.2) is 0 Å². The fourth-order valence-electron chi connectivity index (χ4n) is 1.17. The van der Waals surface area contributed by atoms with Crippen molar-refractivity contribution in [1.82, 2.24) is 0 Å². The quantitative estimate of drug-likeness (QED) is 0.566. The summed E-state index contributed by atoms with van der Waals surface area (Å²) in [6.07, 6.45) is 1.61. The Kier molecular flexibility index (Phi) is 7.96. The molecule has 0 amide bonds. The van der Waals surface area contributed by atoms with Gasteiger partial charge in [0.05, 0.1) is 18.3 Å². The summed E-state index contributed by atoms with van der Waals surface area (Å²) >= 11 is 0. The van der Waals surface area contributed by atoms with Crippen molar-refractivity contribution in [3.8, 4) is 0 Å². The van der Waals surface area contributed by atoms with Crippen molar-refractivity contribution in [2.24, 2.45) is 5.73 Å². The summed E-state index contributed by atoms with van der Waals surface area (Å²) < 4.78 is 10.7. The fourth-order valence-corrected chi connectivity index (χ4v) is 1.17. The molecule has 0 heterocycles. The maximum atomic E-state index is 9.62. The topological polar surface area (TPSA) is 64.7 Å². The molecule has 3 N–H and O–H groups in total. The van der Waals surface area contributed by atoms with Gasteiger partial charge in [-0.3, -0.25) is 0 Å². The van der Waals surface area contributed by atoms with E-state index in [2.05, 4.69) is 0 Å². The molecule has 0 rings (SSSR count). The van der Waals surface area contributed by atoms with Crippen LogP contribution < -0.4 is 5.73 Å². The van der Waals surface area contributed by atoms with Gasteiger partial charge in [0, 0.05) is 19.8 Å². The van der Waals surface area contributed by atoms with E-state index in [-0.39, 0.29) is 6.10 Å². The van der Waals surface area contributed by atoms with Crippen molar-refractivity contribution in [2.45, 2.75) is 45.3 Å². The van der Waals surface area contributed by atoms with Crippen LogP contribution in [0.1, 0.15) is 33.6 Å². The third kappa shape index (κ3) is 8.81. The van der Waals surface area contributed by atoms with Gasteiger partial charge in [-0.1, -0.05) is 0 Å². The molecule has 0 spiro atoms. The maximum Gasteiger partial charge on any atom is 0.0780 e. The molecule has 4 heteroatoms. The van der Waals surface area contributed by atoms with Crippen molar-refractivity contribution in [1.29, 1.82) is 0 Å². The van der Waals surface area contributed by atoms with E-state index in [9.17, 15) is 5.11 Å². The Labute approximate surface area is 92.7 Å². The minimum atomic E-state index is -0.757. The van der Waals surface area contributed by atoms with E-state index in [1.807, 2.05) is 13.8 Å². The predicted molar refractivity (Wildman–Crippen MR) is 60.8 cm³/mol. The van der Waals surface area contributed by atoms with Gasteiger partial charge < -0.3 is 20.3 Å². The molecule has 0 radical (unpaired) electrons.